The molecule has 1 saturated heterocycles. The van der Waals surface area contributed by atoms with E-state index in [0.717, 1.165) is 0 Å². The summed E-state index contributed by atoms with van der Waals surface area (Å²) in [5.74, 6) is -0.0131. The third-order valence-electron chi connectivity index (χ3n) is 3.37. The highest BCUT2D eigenvalue weighted by Gasteiger charge is 2.35. The van der Waals surface area contributed by atoms with Crippen molar-refractivity contribution in [1.82, 2.24) is 14.4 Å². The van der Waals surface area contributed by atoms with E-state index >= 15 is 0 Å². The van der Waals surface area contributed by atoms with E-state index in [1.165, 1.54) is 0 Å². The smallest absolute Gasteiger partial charge is 0.270 e. The van der Waals surface area contributed by atoms with Gasteiger partial charge in [-0.3, -0.25) is 4.79 Å². The van der Waals surface area contributed by atoms with Gasteiger partial charge in [0, 0.05) is 26.3 Å². The van der Waals surface area contributed by atoms with Gasteiger partial charge in [-0.05, 0) is 26.2 Å². The van der Waals surface area contributed by atoms with Crippen LogP contribution >= 0.6 is 0 Å². The van der Waals surface area contributed by atoms with Gasteiger partial charge in [-0.2, -0.15) is 0 Å². The summed E-state index contributed by atoms with van der Waals surface area (Å²) in [6.45, 7) is 0.991. The van der Waals surface area contributed by atoms with Gasteiger partial charge >= 0.3 is 0 Å². The van der Waals surface area contributed by atoms with Gasteiger partial charge in [0.2, 0.25) is 0 Å². The molecule has 1 aromatic rings. The summed E-state index contributed by atoms with van der Waals surface area (Å²) in [6.07, 6.45) is 1.39. The molecule has 2 heterocycles. The molecule has 0 bridgehead atoms. The molecular weight excluding hydrogens is 218 g/mol. The highest BCUT2D eigenvalue weighted by atomic mass is 16.3. The van der Waals surface area contributed by atoms with Gasteiger partial charge in [0.15, 0.2) is 0 Å². The van der Waals surface area contributed by atoms with Crippen molar-refractivity contribution in [3.8, 4) is 0 Å². The number of carbonyl (C=O) groups excluding carboxylic acids is 1. The van der Waals surface area contributed by atoms with Gasteiger partial charge in [0.1, 0.15) is 5.69 Å². The molecule has 1 aliphatic rings. The Kier molecular flexibility index (Phi) is 3.22. The normalized spacial score (nSPS) is 24.6. The number of aryl methyl sites for hydroxylation is 1. The van der Waals surface area contributed by atoms with Crippen molar-refractivity contribution in [1.29, 1.82) is 0 Å². The Labute approximate surface area is 101 Å². The Hall–Kier alpha value is -1.33. The molecule has 0 saturated carbocycles. The number of nitrogens with zero attached hydrogens (tertiary/aromatic N) is 3. The number of aliphatic hydroxyl groups is 1. The third kappa shape index (κ3) is 2.21. The summed E-state index contributed by atoms with van der Waals surface area (Å²) in [4.78, 5) is 15.9. The number of amides is 1. The van der Waals surface area contributed by atoms with E-state index in [4.69, 9.17) is 0 Å². The predicted molar refractivity (Wildman–Crippen MR) is 64.8 cm³/mol. The summed E-state index contributed by atoms with van der Waals surface area (Å²) >= 11 is 0. The van der Waals surface area contributed by atoms with Gasteiger partial charge in [0.25, 0.3) is 5.91 Å². The number of carbonyl (C=O) groups is 1. The molecule has 1 aromatic heterocycles. The largest absolute Gasteiger partial charge is 0.390 e. The maximum atomic E-state index is 12.2. The molecule has 1 fully saturated rings. The number of likely N-dealkylation sites (tertiary alicyclic amines) is 1. The van der Waals surface area contributed by atoms with Crippen LogP contribution in [-0.2, 0) is 7.05 Å². The average molecular weight is 237 g/mol. The SMILES string of the molecule is CN(C)[C@@H]1CN(C(=O)c2cccn2C)C[C@H]1O. The molecular formula is C12H19N3O2. The Balaban J connectivity index is 2.11. The zero-order valence-electron chi connectivity index (χ0n) is 10.5. The molecule has 1 aliphatic heterocycles. The van der Waals surface area contributed by atoms with Crippen LogP contribution in [0.3, 0.4) is 0 Å². The van der Waals surface area contributed by atoms with Crippen LogP contribution in [0.25, 0.3) is 0 Å². The summed E-state index contributed by atoms with van der Waals surface area (Å²) in [6, 6.07) is 3.68. The van der Waals surface area contributed by atoms with E-state index in [9.17, 15) is 9.90 Å². The van der Waals surface area contributed by atoms with Crippen LogP contribution in [0.5, 0.6) is 0 Å². The number of hydrogen-bond acceptors (Lipinski definition) is 3. The molecule has 0 aliphatic carbocycles. The van der Waals surface area contributed by atoms with Crippen LogP contribution in [-0.4, -0.2) is 64.7 Å². The first-order valence-electron chi connectivity index (χ1n) is 5.76. The summed E-state index contributed by atoms with van der Waals surface area (Å²) in [5.41, 5.74) is 0.664. The standard InChI is InChI=1S/C12H19N3O2/c1-13(2)10-7-15(8-11(10)16)12(17)9-5-4-6-14(9)3/h4-6,10-11,16H,7-8H2,1-3H3/t10-,11-/m1/s1. The maximum absolute atomic E-state index is 12.2. The van der Waals surface area contributed by atoms with Crippen LogP contribution in [0.15, 0.2) is 18.3 Å². The fourth-order valence-corrected chi connectivity index (χ4v) is 2.29. The lowest BCUT2D eigenvalue weighted by atomic mass is 10.2. The summed E-state index contributed by atoms with van der Waals surface area (Å²) < 4.78 is 1.80. The van der Waals surface area contributed by atoms with Crippen LogP contribution in [0.2, 0.25) is 0 Å². The average Bonchev–Trinajstić information content (AvgIpc) is 2.83. The molecule has 5 heteroatoms. The summed E-state index contributed by atoms with van der Waals surface area (Å²) in [7, 11) is 5.69. The Bertz CT molecular complexity index is 414. The lowest BCUT2D eigenvalue weighted by Crippen LogP contribution is -2.38. The Morgan fingerprint density at radius 2 is 2.18 bits per heavy atom. The quantitative estimate of drug-likeness (QED) is 0.773. The molecule has 17 heavy (non-hydrogen) atoms. The van der Waals surface area contributed by atoms with Gasteiger partial charge in [-0.1, -0.05) is 0 Å². The number of aliphatic hydroxyl groups excluding tert-OH is 1. The second-order valence-electron chi connectivity index (χ2n) is 4.81. The minimum absolute atomic E-state index is 0.0131. The zero-order chi connectivity index (χ0) is 12.6. The van der Waals surface area contributed by atoms with Crippen LogP contribution in [0.1, 0.15) is 10.5 Å². The fraction of sp³-hybridized carbons (Fsp3) is 0.583. The van der Waals surface area contributed by atoms with Crippen molar-refractivity contribution in [3.05, 3.63) is 24.0 Å². The van der Waals surface area contributed by atoms with Crippen molar-refractivity contribution < 1.29 is 9.90 Å². The van der Waals surface area contributed by atoms with Crippen molar-refractivity contribution in [3.63, 3.8) is 0 Å². The van der Waals surface area contributed by atoms with Crippen LogP contribution in [0.4, 0.5) is 0 Å². The monoisotopic (exact) mass is 237 g/mol. The first kappa shape index (κ1) is 12.1. The van der Waals surface area contributed by atoms with Crippen molar-refractivity contribution in [2.45, 2.75) is 12.1 Å². The maximum Gasteiger partial charge on any atom is 0.270 e. The second kappa shape index (κ2) is 4.50. The highest BCUT2D eigenvalue weighted by molar-refractivity contribution is 5.93. The lowest BCUT2D eigenvalue weighted by Gasteiger charge is -2.21. The zero-order valence-corrected chi connectivity index (χ0v) is 10.5. The van der Waals surface area contributed by atoms with E-state index in [1.54, 1.807) is 15.5 Å². The molecule has 0 unspecified atom stereocenters. The van der Waals surface area contributed by atoms with Gasteiger partial charge in [-0.25, -0.2) is 0 Å². The topological polar surface area (TPSA) is 48.7 Å². The minimum Gasteiger partial charge on any atom is -0.390 e. The van der Waals surface area contributed by atoms with E-state index in [1.807, 2.05) is 38.3 Å². The minimum atomic E-state index is -0.464. The molecule has 5 nitrogen and oxygen atoms in total. The molecule has 0 aromatic carbocycles. The van der Waals surface area contributed by atoms with Crippen LogP contribution in [0, 0.1) is 0 Å². The first-order valence-corrected chi connectivity index (χ1v) is 5.76. The number of β-amino-alcohol motifs (C(OH)–C–C–N with tert-alkyl or cyclic N) is 1. The molecule has 2 atom stereocenters. The lowest BCUT2D eigenvalue weighted by molar-refractivity contribution is 0.0755. The molecule has 1 amide bonds. The molecule has 94 valence electrons. The van der Waals surface area contributed by atoms with E-state index in [0.29, 0.717) is 18.8 Å². The third-order valence-corrected chi connectivity index (χ3v) is 3.37. The van der Waals surface area contributed by atoms with Crippen LogP contribution < -0.4 is 0 Å². The Morgan fingerprint density at radius 1 is 1.47 bits per heavy atom. The van der Waals surface area contributed by atoms with E-state index < -0.39 is 6.10 Å². The van der Waals surface area contributed by atoms with Crippen molar-refractivity contribution in [2.75, 3.05) is 27.2 Å². The molecule has 0 radical (unpaired) electrons. The second-order valence-corrected chi connectivity index (χ2v) is 4.81. The van der Waals surface area contributed by atoms with Crippen molar-refractivity contribution in [2.24, 2.45) is 7.05 Å². The predicted octanol–water partition coefficient (Wildman–Crippen LogP) is -0.228. The Morgan fingerprint density at radius 3 is 2.65 bits per heavy atom. The molecule has 1 N–H and O–H groups in total. The number of hydrogen-bond donors (Lipinski definition) is 1. The molecule has 0 spiro atoms. The number of likely N-dealkylation sites (N-methyl/N-ethyl adjacent to an activating group) is 1. The number of aromatic nitrogens is 1. The number of rotatable bonds is 2. The molecule has 2 rings (SSSR count). The fourth-order valence-electron chi connectivity index (χ4n) is 2.29. The van der Waals surface area contributed by atoms with E-state index in [-0.39, 0.29) is 11.9 Å². The van der Waals surface area contributed by atoms with E-state index in [2.05, 4.69) is 0 Å². The highest BCUT2D eigenvalue weighted by Crippen LogP contribution is 2.17. The first-order chi connectivity index (χ1) is 8.00. The van der Waals surface area contributed by atoms with Gasteiger partial charge in [-0.15, -0.1) is 0 Å². The summed E-state index contributed by atoms with van der Waals surface area (Å²) in [5, 5.41) is 9.90. The van der Waals surface area contributed by atoms with Gasteiger partial charge < -0.3 is 19.5 Å². The van der Waals surface area contributed by atoms with Crippen molar-refractivity contribution >= 4 is 5.91 Å². The van der Waals surface area contributed by atoms with Gasteiger partial charge in [0.05, 0.1) is 12.1 Å².